The van der Waals surface area contributed by atoms with Crippen molar-refractivity contribution >= 4 is 17.3 Å². The van der Waals surface area contributed by atoms with Crippen molar-refractivity contribution in [3.05, 3.63) is 68.1 Å². The lowest BCUT2D eigenvalue weighted by molar-refractivity contribution is -0.384. The number of aromatic nitrogens is 1. The quantitative estimate of drug-likeness (QED) is 0.439. The molecule has 150 valence electrons. The number of hydrogen-bond donors (Lipinski definition) is 0. The zero-order valence-electron chi connectivity index (χ0n) is 16.0. The summed E-state index contributed by atoms with van der Waals surface area (Å²) < 4.78 is 6.94. The van der Waals surface area contributed by atoms with E-state index in [-0.39, 0.29) is 35.1 Å². The van der Waals surface area contributed by atoms with E-state index in [9.17, 15) is 19.7 Å². The van der Waals surface area contributed by atoms with E-state index in [0.29, 0.717) is 19.5 Å². The van der Waals surface area contributed by atoms with Crippen LogP contribution in [0, 0.1) is 22.0 Å². The second-order valence-corrected chi connectivity index (χ2v) is 8.14. The third-order valence-corrected chi connectivity index (χ3v) is 6.71. The van der Waals surface area contributed by atoms with Gasteiger partial charge in [-0.1, -0.05) is 6.07 Å². The summed E-state index contributed by atoms with van der Waals surface area (Å²) in [4.78, 5) is 38.1. The lowest BCUT2D eigenvalue weighted by atomic mass is 9.70. The molecule has 2 aromatic rings. The molecule has 3 aliphatic rings. The fourth-order valence-electron chi connectivity index (χ4n) is 5.58. The second-order valence-electron chi connectivity index (χ2n) is 8.14. The molecule has 1 fully saturated rings. The fraction of sp³-hybridized carbons (Fsp3) is 0.429. The minimum atomic E-state index is -0.415. The van der Waals surface area contributed by atoms with Gasteiger partial charge in [0.1, 0.15) is 0 Å². The number of anilines is 1. The van der Waals surface area contributed by atoms with Gasteiger partial charge in [-0.3, -0.25) is 19.7 Å². The minimum Gasteiger partial charge on any atom is -0.469 e. The highest BCUT2D eigenvalue weighted by Crippen LogP contribution is 2.47. The van der Waals surface area contributed by atoms with E-state index in [0.717, 1.165) is 23.4 Å². The molecule has 4 heterocycles. The van der Waals surface area contributed by atoms with Gasteiger partial charge in [0.05, 0.1) is 18.0 Å². The highest BCUT2D eigenvalue weighted by molar-refractivity contribution is 5.77. The van der Waals surface area contributed by atoms with Gasteiger partial charge in [-0.2, -0.15) is 0 Å². The van der Waals surface area contributed by atoms with E-state index >= 15 is 0 Å². The third kappa shape index (κ3) is 2.66. The van der Waals surface area contributed by atoms with E-state index < -0.39 is 10.8 Å². The van der Waals surface area contributed by atoms with Crippen LogP contribution in [-0.2, 0) is 22.5 Å². The van der Waals surface area contributed by atoms with Gasteiger partial charge in [-0.15, -0.1) is 0 Å². The number of ether oxygens (including phenoxy) is 1. The summed E-state index contributed by atoms with van der Waals surface area (Å²) in [5, 5.41) is 11.2. The molecule has 1 aromatic carbocycles. The van der Waals surface area contributed by atoms with Gasteiger partial charge < -0.3 is 14.2 Å². The number of non-ortho nitro benzene ring substituents is 1. The van der Waals surface area contributed by atoms with Crippen LogP contribution in [-0.4, -0.2) is 35.2 Å². The summed E-state index contributed by atoms with van der Waals surface area (Å²) in [6.07, 6.45) is 1.32. The first-order valence-electron chi connectivity index (χ1n) is 9.79. The maximum atomic E-state index is 12.7. The Bertz CT molecular complexity index is 1080. The SMILES string of the molecule is COC(=O)C1Cc2cc([N+](=O)[O-])ccc2N2CC3CC(Cn4c3cccc4=O)C12. The smallest absolute Gasteiger partial charge is 0.311 e. The normalized spacial score (nSPS) is 26.7. The number of nitro benzene ring substituents is 1. The van der Waals surface area contributed by atoms with Crippen LogP contribution in [0.2, 0.25) is 0 Å². The minimum absolute atomic E-state index is 0.00731. The molecule has 4 atom stereocenters. The fourth-order valence-corrected chi connectivity index (χ4v) is 5.58. The van der Waals surface area contributed by atoms with Crippen molar-refractivity contribution in [2.45, 2.75) is 31.3 Å². The van der Waals surface area contributed by atoms with Crippen molar-refractivity contribution in [3.63, 3.8) is 0 Å². The molecule has 1 aromatic heterocycles. The molecular formula is C21H21N3O5. The maximum Gasteiger partial charge on any atom is 0.311 e. The molecule has 8 heteroatoms. The van der Waals surface area contributed by atoms with Crippen molar-refractivity contribution in [1.29, 1.82) is 0 Å². The Kier molecular flexibility index (Phi) is 3.97. The third-order valence-electron chi connectivity index (χ3n) is 6.71. The second kappa shape index (κ2) is 6.43. The summed E-state index contributed by atoms with van der Waals surface area (Å²) in [5.41, 5.74) is 2.79. The first-order valence-corrected chi connectivity index (χ1v) is 9.79. The molecule has 0 amide bonds. The Morgan fingerprint density at radius 1 is 1.24 bits per heavy atom. The van der Waals surface area contributed by atoms with Gasteiger partial charge in [0, 0.05) is 54.6 Å². The summed E-state index contributed by atoms with van der Waals surface area (Å²) in [6, 6.07) is 10.2. The zero-order valence-corrected chi connectivity index (χ0v) is 16.0. The Balaban J connectivity index is 1.63. The van der Waals surface area contributed by atoms with Gasteiger partial charge in [-0.05, 0) is 36.5 Å². The van der Waals surface area contributed by atoms with Crippen molar-refractivity contribution in [2.75, 3.05) is 18.6 Å². The first-order chi connectivity index (χ1) is 14.0. The molecule has 0 saturated carbocycles. The number of nitro groups is 1. The molecule has 0 radical (unpaired) electrons. The van der Waals surface area contributed by atoms with E-state index in [1.807, 2.05) is 10.6 Å². The molecule has 0 spiro atoms. The van der Waals surface area contributed by atoms with Gasteiger partial charge >= 0.3 is 5.97 Å². The number of fused-ring (bicyclic) bond motifs is 8. The van der Waals surface area contributed by atoms with E-state index in [4.69, 9.17) is 4.74 Å². The van der Waals surface area contributed by atoms with E-state index in [2.05, 4.69) is 4.90 Å². The van der Waals surface area contributed by atoms with Crippen molar-refractivity contribution in [2.24, 2.45) is 11.8 Å². The number of pyridine rings is 1. The van der Waals surface area contributed by atoms with Crippen LogP contribution in [0.4, 0.5) is 11.4 Å². The first kappa shape index (κ1) is 17.9. The Morgan fingerprint density at radius 2 is 2.07 bits per heavy atom. The Labute approximate surface area is 166 Å². The molecule has 4 unspecified atom stereocenters. The van der Waals surface area contributed by atoms with Crippen LogP contribution in [0.3, 0.4) is 0 Å². The number of rotatable bonds is 2. The van der Waals surface area contributed by atoms with E-state index in [1.54, 1.807) is 24.3 Å². The van der Waals surface area contributed by atoms with Crippen molar-refractivity contribution < 1.29 is 14.5 Å². The Hall–Kier alpha value is -3.16. The average Bonchev–Trinajstić information content (AvgIpc) is 2.73. The topological polar surface area (TPSA) is 94.7 Å². The van der Waals surface area contributed by atoms with Gasteiger partial charge in [0.2, 0.25) is 0 Å². The molecule has 1 saturated heterocycles. The van der Waals surface area contributed by atoms with Crippen LogP contribution >= 0.6 is 0 Å². The van der Waals surface area contributed by atoms with Crippen molar-refractivity contribution in [3.8, 4) is 0 Å². The summed E-state index contributed by atoms with van der Waals surface area (Å²) in [6.45, 7) is 1.24. The molecule has 2 bridgehead atoms. The number of benzene rings is 1. The van der Waals surface area contributed by atoms with Crippen LogP contribution in [0.25, 0.3) is 0 Å². The standard InChI is InChI=1S/C21H21N3O5/c1-29-21(26)16-9-12-8-15(24(27)28)5-6-18(12)23-10-13-7-14(20(16)23)11-22-17(13)3-2-4-19(22)25/h2-6,8,13-14,16,20H,7,9-11H2,1H3. The monoisotopic (exact) mass is 395 g/mol. The van der Waals surface area contributed by atoms with Crippen LogP contribution in [0.1, 0.15) is 23.6 Å². The lowest BCUT2D eigenvalue weighted by Crippen LogP contribution is -2.60. The number of carbonyl (C=O) groups excluding carboxylic acids is 1. The molecule has 29 heavy (non-hydrogen) atoms. The summed E-state index contributed by atoms with van der Waals surface area (Å²) in [7, 11) is 1.38. The van der Waals surface area contributed by atoms with Crippen LogP contribution in [0.15, 0.2) is 41.2 Å². The largest absolute Gasteiger partial charge is 0.469 e. The number of piperidine rings is 1. The summed E-state index contributed by atoms with van der Waals surface area (Å²) in [5.74, 6) is -0.407. The molecule has 0 aliphatic carbocycles. The predicted octanol–water partition coefficient (Wildman–Crippen LogP) is 2.09. The van der Waals surface area contributed by atoms with Crippen molar-refractivity contribution in [1.82, 2.24) is 4.57 Å². The zero-order chi connectivity index (χ0) is 20.3. The van der Waals surface area contributed by atoms with Gasteiger partial charge in [0.25, 0.3) is 11.2 Å². The Morgan fingerprint density at radius 3 is 2.83 bits per heavy atom. The molecule has 0 N–H and O–H groups in total. The highest BCUT2D eigenvalue weighted by atomic mass is 16.6. The van der Waals surface area contributed by atoms with Crippen LogP contribution < -0.4 is 10.5 Å². The number of methoxy groups -OCH3 is 1. The maximum absolute atomic E-state index is 12.7. The highest BCUT2D eigenvalue weighted by Gasteiger charge is 2.49. The molecular weight excluding hydrogens is 374 g/mol. The van der Waals surface area contributed by atoms with E-state index in [1.165, 1.54) is 13.2 Å². The number of hydrogen-bond acceptors (Lipinski definition) is 6. The number of esters is 1. The number of nitrogens with zero attached hydrogens (tertiary/aromatic N) is 3. The van der Waals surface area contributed by atoms with Crippen LogP contribution in [0.5, 0.6) is 0 Å². The van der Waals surface area contributed by atoms with Gasteiger partial charge in [0.15, 0.2) is 0 Å². The number of carbonyl (C=O) groups is 1. The van der Waals surface area contributed by atoms with Gasteiger partial charge in [-0.25, -0.2) is 0 Å². The molecule has 3 aliphatic heterocycles. The predicted molar refractivity (Wildman–Crippen MR) is 105 cm³/mol. The molecule has 5 rings (SSSR count). The average molecular weight is 395 g/mol. The lowest BCUT2D eigenvalue weighted by Gasteiger charge is -2.53. The summed E-state index contributed by atoms with van der Waals surface area (Å²) >= 11 is 0. The molecule has 8 nitrogen and oxygen atoms in total.